The molecule has 19 heavy (non-hydrogen) atoms. The molecule has 3 nitrogen and oxygen atoms in total. The lowest BCUT2D eigenvalue weighted by molar-refractivity contribution is 0.410. The van der Waals surface area contributed by atoms with E-state index in [1.807, 2.05) is 37.3 Å². The minimum absolute atomic E-state index is 0.590. The summed E-state index contributed by atoms with van der Waals surface area (Å²) in [5, 5.41) is 4.01. The number of methoxy groups -OCH3 is 1. The zero-order valence-corrected chi connectivity index (χ0v) is 13.0. The van der Waals surface area contributed by atoms with Gasteiger partial charge in [-0.25, -0.2) is 4.98 Å². The van der Waals surface area contributed by atoms with E-state index in [-0.39, 0.29) is 0 Å². The second-order valence-electron chi connectivity index (χ2n) is 4.04. The molecule has 2 rings (SSSR count). The van der Waals surface area contributed by atoms with Crippen molar-refractivity contribution < 1.29 is 4.74 Å². The first-order chi connectivity index (χ1) is 9.11. The van der Waals surface area contributed by atoms with Crippen molar-refractivity contribution in [2.24, 2.45) is 0 Å². The quantitative estimate of drug-likeness (QED) is 0.836. The van der Waals surface area contributed by atoms with Crippen LogP contribution in [-0.4, -0.2) is 12.1 Å². The summed E-state index contributed by atoms with van der Waals surface area (Å²) in [6.07, 6.45) is 0. The van der Waals surface area contributed by atoms with E-state index in [0.717, 1.165) is 27.3 Å². The molecular formula is C14H14BrClN2O. The molecule has 0 amide bonds. The van der Waals surface area contributed by atoms with Crippen LogP contribution < -0.4 is 10.1 Å². The summed E-state index contributed by atoms with van der Waals surface area (Å²) in [6, 6.07) is 9.51. The van der Waals surface area contributed by atoms with Gasteiger partial charge in [0.05, 0.1) is 18.5 Å². The molecular weight excluding hydrogens is 328 g/mol. The summed E-state index contributed by atoms with van der Waals surface area (Å²) >= 11 is 9.54. The molecule has 0 aliphatic carbocycles. The molecule has 0 saturated carbocycles. The van der Waals surface area contributed by atoms with E-state index in [4.69, 9.17) is 16.3 Å². The van der Waals surface area contributed by atoms with Gasteiger partial charge in [0.2, 0.25) is 0 Å². The van der Waals surface area contributed by atoms with Crippen LogP contribution in [0, 0.1) is 6.92 Å². The summed E-state index contributed by atoms with van der Waals surface area (Å²) in [4.78, 5) is 4.34. The zero-order chi connectivity index (χ0) is 13.8. The van der Waals surface area contributed by atoms with Crippen molar-refractivity contribution in [2.75, 3.05) is 12.4 Å². The first-order valence-electron chi connectivity index (χ1n) is 5.80. The minimum atomic E-state index is 0.590. The van der Waals surface area contributed by atoms with Crippen molar-refractivity contribution in [3.05, 3.63) is 51.2 Å². The summed E-state index contributed by atoms with van der Waals surface area (Å²) in [6.45, 7) is 2.55. The molecule has 0 saturated heterocycles. The van der Waals surface area contributed by atoms with E-state index in [1.165, 1.54) is 0 Å². The van der Waals surface area contributed by atoms with Crippen LogP contribution in [0.15, 0.2) is 34.9 Å². The third kappa shape index (κ3) is 3.39. The number of anilines is 1. The van der Waals surface area contributed by atoms with Crippen molar-refractivity contribution in [2.45, 2.75) is 13.5 Å². The number of benzene rings is 1. The average Bonchev–Trinajstić information content (AvgIpc) is 2.39. The van der Waals surface area contributed by atoms with E-state index < -0.39 is 0 Å². The molecule has 1 N–H and O–H groups in total. The molecule has 1 aromatic carbocycles. The minimum Gasteiger partial charge on any atom is -0.496 e. The lowest BCUT2D eigenvalue weighted by Crippen LogP contribution is -2.04. The third-order valence-electron chi connectivity index (χ3n) is 2.80. The smallest absolute Gasteiger partial charge is 0.125 e. The third-order valence-corrected chi connectivity index (χ3v) is 3.60. The fourth-order valence-electron chi connectivity index (χ4n) is 1.80. The van der Waals surface area contributed by atoms with Gasteiger partial charge in [0, 0.05) is 17.1 Å². The van der Waals surface area contributed by atoms with Crippen molar-refractivity contribution in [3.63, 3.8) is 0 Å². The van der Waals surface area contributed by atoms with Crippen LogP contribution in [-0.2, 0) is 6.54 Å². The average molecular weight is 342 g/mol. The van der Waals surface area contributed by atoms with Gasteiger partial charge in [-0.15, -0.1) is 0 Å². The second-order valence-corrected chi connectivity index (χ2v) is 5.26. The monoisotopic (exact) mass is 340 g/mol. The largest absolute Gasteiger partial charge is 0.496 e. The lowest BCUT2D eigenvalue weighted by atomic mass is 10.2. The van der Waals surface area contributed by atoms with Crippen molar-refractivity contribution in [1.29, 1.82) is 0 Å². The highest BCUT2D eigenvalue weighted by Crippen LogP contribution is 2.27. The predicted molar refractivity (Wildman–Crippen MR) is 82.0 cm³/mol. The van der Waals surface area contributed by atoms with Crippen LogP contribution >= 0.6 is 27.5 Å². The molecule has 0 radical (unpaired) electrons. The number of hydrogen-bond acceptors (Lipinski definition) is 3. The number of nitrogens with one attached hydrogen (secondary N) is 1. The topological polar surface area (TPSA) is 34.1 Å². The van der Waals surface area contributed by atoms with E-state index in [9.17, 15) is 0 Å². The number of hydrogen-bond donors (Lipinski definition) is 1. The second kappa shape index (κ2) is 6.26. The number of nitrogens with zero attached hydrogens (tertiary/aromatic N) is 1. The molecule has 0 unspecified atom stereocenters. The molecule has 5 heteroatoms. The zero-order valence-electron chi connectivity index (χ0n) is 10.7. The normalized spacial score (nSPS) is 10.3. The molecule has 0 aliphatic heterocycles. The van der Waals surface area contributed by atoms with Gasteiger partial charge in [-0.1, -0.05) is 17.7 Å². The molecule has 0 aliphatic rings. The number of aryl methyl sites for hydroxylation is 1. The van der Waals surface area contributed by atoms with Gasteiger partial charge in [0.25, 0.3) is 0 Å². The Morgan fingerprint density at radius 3 is 2.79 bits per heavy atom. The fraction of sp³-hybridized carbons (Fsp3) is 0.214. The molecule has 1 aromatic heterocycles. The molecule has 2 aromatic rings. The van der Waals surface area contributed by atoms with Crippen LogP contribution in [0.2, 0.25) is 5.02 Å². The SMILES string of the molecule is COc1cccc(Cl)c1CNc1ccc(Br)nc1C. The Bertz CT molecular complexity index is 590. The number of aromatic nitrogens is 1. The maximum Gasteiger partial charge on any atom is 0.125 e. The first-order valence-corrected chi connectivity index (χ1v) is 6.97. The highest BCUT2D eigenvalue weighted by Gasteiger charge is 2.08. The molecule has 1 heterocycles. The summed E-state index contributed by atoms with van der Waals surface area (Å²) in [5.74, 6) is 0.780. The highest BCUT2D eigenvalue weighted by atomic mass is 79.9. The van der Waals surface area contributed by atoms with Crippen LogP contribution in [0.25, 0.3) is 0 Å². The van der Waals surface area contributed by atoms with E-state index >= 15 is 0 Å². The van der Waals surface area contributed by atoms with Crippen LogP contribution in [0.1, 0.15) is 11.3 Å². The number of pyridine rings is 1. The van der Waals surface area contributed by atoms with E-state index in [1.54, 1.807) is 7.11 Å². The highest BCUT2D eigenvalue weighted by molar-refractivity contribution is 9.10. The maximum absolute atomic E-state index is 6.20. The van der Waals surface area contributed by atoms with Crippen LogP contribution in [0.3, 0.4) is 0 Å². The predicted octanol–water partition coefficient (Wildman–Crippen LogP) is 4.43. The van der Waals surface area contributed by atoms with Gasteiger partial charge in [0.15, 0.2) is 0 Å². The molecule has 0 atom stereocenters. The standard InChI is InChI=1S/C14H14BrClN2O/c1-9-12(6-7-14(15)18-9)17-8-10-11(16)4-3-5-13(10)19-2/h3-7,17H,8H2,1-2H3. The molecule has 100 valence electrons. The van der Waals surface area contributed by atoms with Crippen molar-refractivity contribution in [1.82, 2.24) is 4.98 Å². The Kier molecular flexibility index (Phi) is 4.66. The Morgan fingerprint density at radius 2 is 2.11 bits per heavy atom. The van der Waals surface area contributed by atoms with Gasteiger partial charge in [-0.2, -0.15) is 0 Å². The Morgan fingerprint density at radius 1 is 1.32 bits per heavy atom. The number of rotatable bonds is 4. The van der Waals surface area contributed by atoms with Gasteiger partial charge in [-0.05, 0) is 47.1 Å². The number of ether oxygens (including phenoxy) is 1. The molecule has 0 fully saturated rings. The number of halogens is 2. The van der Waals surface area contributed by atoms with Crippen molar-refractivity contribution in [3.8, 4) is 5.75 Å². The maximum atomic E-state index is 6.20. The molecule has 0 bridgehead atoms. The van der Waals surface area contributed by atoms with Crippen LogP contribution in [0.4, 0.5) is 5.69 Å². The molecule has 0 spiro atoms. The summed E-state index contributed by atoms with van der Waals surface area (Å²) < 4.78 is 6.14. The van der Waals surface area contributed by atoms with Gasteiger partial charge in [-0.3, -0.25) is 0 Å². The van der Waals surface area contributed by atoms with Gasteiger partial charge in [0.1, 0.15) is 10.4 Å². The Hall–Kier alpha value is -1.26. The van der Waals surface area contributed by atoms with Crippen LogP contribution in [0.5, 0.6) is 5.75 Å². The van der Waals surface area contributed by atoms with Gasteiger partial charge >= 0.3 is 0 Å². The summed E-state index contributed by atoms with van der Waals surface area (Å²) in [7, 11) is 1.64. The van der Waals surface area contributed by atoms with Gasteiger partial charge < -0.3 is 10.1 Å². The Balaban J connectivity index is 2.19. The van der Waals surface area contributed by atoms with Crippen molar-refractivity contribution >= 4 is 33.2 Å². The lowest BCUT2D eigenvalue weighted by Gasteiger charge is -2.13. The Labute approximate surface area is 126 Å². The summed E-state index contributed by atoms with van der Waals surface area (Å²) in [5.41, 5.74) is 2.85. The first kappa shape index (κ1) is 14.2. The fourth-order valence-corrected chi connectivity index (χ4v) is 2.43. The van der Waals surface area contributed by atoms with E-state index in [2.05, 4.69) is 26.2 Å². The van der Waals surface area contributed by atoms with E-state index in [0.29, 0.717) is 11.6 Å².